The first-order valence-electron chi connectivity index (χ1n) is 3.87. The number of hydrogen-bond donors (Lipinski definition) is 1. The number of aliphatic hydroxyl groups is 1. The van der Waals surface area contributed by atoms with Gasteiger partial charge in [-0.2, -0.15) is 0 Å². The largest absolute Gasteiger partial charge is 0.392 e. The number of pyridine rings is 1. The zero-order valence-corrected chi connectivity index (χ0v) is 8.08. The summed E-state index contributed by atoms with van der Waals surface area (Å²) >= 11 is 0. The van der Waals surface area contributed by atoms with Gasteiger partial charge in [0.15, 0.2) is 9.84 Å². The van der Waals surface area contributed by atoms with Crippen LogP contribution in [0.25, 0.3) is 0 Å². The molecule has 72 valence electrons. The topological polar surface area (TPSA) is 67.3 Å². The van der Waals surface area contributed by atoms with E-state index in [0.29, 0.717) is 5.56 Å². The van der Waals surface area contributed by atoms with Crippen molar-refractivity contribution in [3.05, 3.63) is 24.0 Å². The molecule has 0 saturated carbocycles. The van der Waals surface area contributed by atoms with Gasteiger partial charge in [0.1, 0.15) is 0 Å². The lowest BCUT2D eigenvalue weighted by molar-refractivity contribution is 0.281. The molecule has 0 aliphatic heterocycles. The molecule has 0 radical (unpaired) electrons. The standard InChI is InChI=1S/C8H11NO3S/c1-2-13(11,12)8-3-7(6-10)4-9-5-8/h3-5,10H,2,6H2,1H3. The zero-order chi connectivity index (χ0) is 9.90. The Hall–Kier alpha value is -0.940. The lowest BCUT2D eigenvalue weighted by Gasteiger charge is -2.01. The molecule has 1 heterocycles. The first-order valence-corrected chi connectivity index (χ1v) is 5.53. The van der Waals surface area contributed by atoms with Gasteiger partial charge in [-0.25, -0.2) is 8.42 Å². The predicted molar refractivity (Wildman–Crippen MR) is 47.9 cm³/mol. The van der Waals surface area contributed by atoms with Crippen molar-refractivity contribution in [3.8, 4) is 0 Å². The van der Waals surface area contributed by atoms with E-state index in [2.05, 4.69) is 4.98 Å². The highest BCUT2D eigenvalue weighted by molar-refractivity contribution is 7.91. The maximum Gasteiger partial charge on any atom is 0.179 e. The molecule has 4 nitrogen and oxygen atoms in total. The van der Waals surface area contributed by atoms with Crippen molar-refractivity contribution in [3.63, 3.8) is 0 Å². The molecule has 13 heavy (non-hydrogen) atoms. The quantitative estimate of drug-likeness (QED) is 0.767. The van der Waals surface area contributed by atoms with E-state index >= 15 is 0 Å². The van der Waals surface area contributed by atoms with Crippen LogP contribution in [0, 0.1) is 0 Å². The summed E-state index contributed by atoms with van der Waals surface area (Å²) in [5.74, 6) is 0.0452. The predicted octanol–water partition coefficient (Wildman–Crippen LogP) is 0.368. The molecule has 0 aromatic carbocycles. The Morgan fingerprint density at radius 1 is 1.46 bits per heavy atom. The summed E-state index contributed by atoms with van der Waals surface area (Å²) in [6.07, 6.45) is 2.73. The molecule has 1 aromatic heterocycles. The van der Waals surface area contributed by atoms with E-state index in [-0.39, 0.29) is 17.3 Å². The molecule has 5 heteroatoms. The third-order valence-electron chi connectivity index (χ3n) is 1.69. The summed E-state index contributed by atoms with van der Waals surface area (Å²) in [6, 6.07) is 1.44. The van der Waals surface area contributed by atoms with Gasteiger partial charge in [-0.3, -0.25) is 4.98 Å². The van der Waals surface area contributed by atoms with Crippen molar-refractivity contribution < 1.29 is 13.5 Å². The summed E-state index contributed by atoms with van der Waals surface area (Å²) in [6.45, 7) is 1.38. The fraction of sp³-hybridized carbons (Fsp3) is 0.375. The Morgan fingerprint density at radius 2 is 2.15 bits per heavy atom. The maximum absolute atomic E-state index is 11.3. The molecule has 0 spiro atoms. The zero-order valence-electron chi connectivity index (χ0n) is 7.27. The first kappa shape index (κ1) is 10.1. The van der Waals surface area contributed by atoms with Gasteiger partial charge < -0.3 is 5.11 Å². The van der Waals surface area contributed by atoms with Gasteiger partial charge in [0, 0.05) is 12.4 Å². The van der Waals surface area contributed by atoms with Crippen LogP contribution >= 0.6 is 0 Å². The van der Waals surface area contributed by atoms with Gasteiger partial charge in [0.2, 0.25) is 0 Å². The summed E-state index contributed by atoms with van der Waals surface area (Å²) in [5.41, 5.74) is 0.509. The highest BCUT2D eigenvalue weighted by Crippen LogP contribution is 2.11. The van der Waals surface area contributed by atoms with Crippen LogP contribution in [-0.4, -0.2) is 24.3 Å². The Kier molecular flexibility index (Phi) is 3.00. The molecule has 0 amide bonds. The number of nitrogens with zero attached hydrogens (tertiary/aromatic N) is 1. The minimum absolute atomic E-state index is 0.0452. The van der Waals surface area contributed by atoms with Gasteiger partial charge in [-0.15, -0.1) is 0 Å². The van der Waals surface area contributed by atoms with Gasteiger partial charge >= 0.3 is 0 Å². The van der Waals surface area contributed by atoms with Crippen molar-refractivity contribution in [2.24, 2.45) is 0 Å². The molecule has 1 aromatic rings. The Labute approximate surface area is 77.2 Å². The fourth-order valence-electron chi connectivity index (χ4n) is 0.887. The first-order chi connectivity index (χ1) is 6.10. The van der Waals surface area contributed by atoms with Crippen LogP contribution in [0.5, 0.6) is 0 Å². The Morgan fingerprint density at radius 3 is 2.69 bits per heavy atom. The van der Waals surface area contributed by atoms with Crippen LogP contribution < -0.4 is 0 Å². The van der Waals surface area contributed by atoms with Crippen molar-refractivity contribution in [2.75, 3.05) is 5.75 Å². The molecule has 1 rings (SSSR count). The van der Waals surface area contributed by atoms with Gasteiger partial charge in [0.25, 0.3) is 0 Å². The van der Waals surface area contributed by atoms with Crippen LogP contribution in [0.4, 0.5) is 0 Å². The van der Waals surface area contributed by atoms with Crippen LogP contribution in [0.2, 0.25) is 0 Å². The minimum atomic E-state index is -3.20. The van der Waals surface area contributed by atoms with E-state index in [0.717, 1.165) is 0 Å². The SMILES string of the molecule is CCS(=O)(=O)c1cncc(CO)c1. The van der Waals surface area contributed by atoms with Crippen molar-refractivity contribution in [1.29, 1.82) is 0 Å². The molecule has 0 fully saturated rings. The average Bonchev–Trinajstić information content (AvgIpc) is 2.18. The number of rotatable bonds is 3. The second-order valence-corrected chi connectivity index (χ2v) is 4.87. The van der Waals surface area contributed by atoms with Crippen LogP contribution in [0.1, 0.15) is 12.5 Å². The Bertz CT molecular complexity index is 386. The van der Waals surface area contributed by atoms with Crippen molar-refractivity contribution in [2.45, 2.75) is 18.4 Å². The molecular formula is C8H11NO3S. The number of hydrogen-bond acceptors (Lipinski definition) is 4. The van der Waals surface area contributed by atoms with Gasteiger partial charge in [-0.05, 0) is 11.6 Å². The van der Waals surface area contributed by atoms with Gasteiger partial charge in [-0.1, -0.05) is 6.92 Å². The van der Waals surface area contributed by atoms with Gasteiger partial charge in [0.05, 0.1) is 17.3 Å². The van der Waals surface area contributed by atoms with Crippen molar-refractivity contribution in [1.82, 2.24) is 4.98 Å². The second-order valence-electron chi connectivity index (χ2n) is 2.59. The maximum atomic E-state index is 11.3. The van der Waals surface area contributed by atoms with Crippen LogP contribution in [-0.2, 0) is 16.4 Å². The second kappa shape index (κ2) is 3.85. The fourth-order valence-corrected chi connectivity index (χ4v) is 1.77. The lowest BCUT2D eigenvalue weighted by atomic mass is 10.3. The highest BCUT2D eigenvalue weighted by atomic mass is 32.2. The number of aromatic nitrogens is 1. The van der Waals surface area contributed by atoms with E-state index in [4.69, 9.17) is 5.11 Å². The molecule has 1 N–H and O–H groups in total. The third kappa shape index (κ3) is 2.26. The van der Waals surface area contributed by atoms with E-state index in [1.165, 1.54) is 18.5 Å². The number of aliphatic hydroxyl groups excluding tert-OH is 1. The monoisotopic (exact) mass is 201 g/mol. The molecule has 0 bridgehead atoms. The lowest BCUT2D eigenvalue weighted by Crippen LogP contribution is -2.04. The molecule has 0 aliphatic carbocycles. The molecule has 0 atom stereocenters. The molecule has 0 unspecified atom stereocenters. The third-order valence-corrected chi connectivity index (χ3v) is 3.39. The number of sulfone groups is 1. The minimum Gasteiger partial charge on any atom is -0.392 e. The van der Waals surface area contributed by atoms with Crippen LogP contribution in [0.15, 0.2) is 23.4 Å². The smallest absolute Gasteiger partial charge is 0.179 e. The highest BCUT2D eigenvalue weighted by Gasteiger charge is 2.11. The van der Waals surface area contributed by atoms with E-state index in [9.17, 15) is 8.42 Å². The molecular weight excluding hydrogens is 190 g/mol. The van der Waals surface area contributed by atoms with E-state index in [1.807, 2.05) is 0 Å². The summed E-state index contributed by atoms with van der Waals surface area (Å²) in [7, 11) is -3.20. The summed E-state index contributed by atoms with van der Waals surface area (Å²) in [5, 5.41) is 8.77. The summed E-state index contributed by atoms with van der Waals surface area (Å²) in [4.78, 5) is 3.90. The average molecular weight is 201 g/mol. The summed E-state index contributed by atoms with van der Waals surface area (Å²) < 4.78 is 22.7. The Balaban J connectivity index is 3.17. The normalized spacial score (nSPS) is 11.5. The van der Waals surface area contributed by atoms with E-state index in [1.54, 1.807) is 6.92 Å². The van der Waals surface area contributed by atoms with Crippen LogP contribution in [0.3, 0.4) is 0 Å². The molecule has 0 saturated heterocycles. The van der Waals surface area contributed by atoms with Crippen molar-refractivity contribution >= 4 is 9.84 Å². The van der Waals surface area contributed by atoms with E-state index < -0.39 is 9.84 Å². The molecule has 0 aliphatic rings.